The van der Waals surface area contributed by atoms with Crippen molar-refractivity contribution in [2.45, 2.75) is 19.0 Å². The Labute approximate surface area is 184 Å². The van der Waals surface area contributed by atoms with E-state index in [1.807, 2.05) is 60.7 Å². The molecule has 3 aromatic carbocycles. The summed E-state index contributed by atoms with van der Waals surface area (Å²) in [4.78, 5) is 19.3. The molecule has 0 aliphatic heterocycles. The zero-order chi connectivity index (χ0) is 22.6. The van der Waals surface area contributed by atoms with E-state index in [4.69, 9.17) is 0 Å². The predicted molar refractivity (Wildman–Crippen MR) is 119 cm³/mol. The van der Waals surface area contributed by atoms with Gasteiger partial charge in [-0.1, -0.05) is 60.7 Å². The summed E-state index contributed by atoms with van der Waals surface area (Å²) < 4.78 is 38.5. The molecule has 6 heteroatoms. The van der Waals surface area contributed by atoms with E-state index < -0.39 is 11.7 Å². The van der Waals surface area contributed by atoms with E-state index in [-0.39, 0.29) is 12.3 Å². The number of para-hydroxylation sites is 1. The van der Waals surface area contributed by atoms with Crippen LogP contribution in [0.25, 0.3) is 10.9 Å². The molecule has 1 aromatic heterocycles. The number of nitrogens with zero attached hydrogens (tertiary/aromatic N) is 2. The lowest BCUT2D eigenvalue weighted by Gasteiger charge is -2.23. The molecule has 0 saturated carbocycles. The Balaban J connectivity index is 1.58. The van der Waals surface area contributed by atoms with Crippen LogP contribution < -0.4 is 4.90 Å². The number of benzene rings is 3. The number of hydrogen-bond donors (Lipinski definition) is 0. The first kappa shape index (κ1) is 21.6. The van der Waals surface area contributed by atoms with Crippen molar-refractivity contribution >= 4 is 22.5 Å². The third-order valence-corrected chi connectivity index (χ3v) is 5.29. The van der Waals surface area contributed by atoms with Crippen molar-refractivity contribution in [1.82, 2.24) is 4.98 Å². The predicted octanol–water partition coefficient (Wildman–Crippen LogP) is 6.07. The lowest BCUT2D eigenvalue weighted by Crippen LogP contribution is -2.34. The molecule has 162 valence electrons. The third-order valence-electron chi connectivity index (χ3n) is 5.29. The number of anilines is 1. The molecule has 0 fully saturated rings. The van der Waals surface area contributed by atoms with Crippen LogP contribution in [0.1, 0.15) is 16.7 Å². The Hall–Kier alpha value is -3.67. The van der Waals surface area contributed by atoms with Gasteiger partial charge < -0.3 is 4.90 Å². The zero-order valence-electron chi connectivity index (χ0n) is 17.2. The first-order valence-corrected chi connectivity index (χ1v) is 10.3. The number of alkyl halides is 3. The molecule has 0 aliphatic carbocycles. The van der Waals surface area contributed by atoms with Crippen molar-refractivity contribution in [2.75, 3.05) is 11.4 Å². The molecule has 1 heterocycles. The number of pyridine rings is 1. The van der Waals surface area contributed by atoms with Crippen LogP contribution in [0, 0.1) is 0 Å². The Morgan fingerprint density at radius 3 is 2.25 bits per heavy atom. The number of halogens is 3. The van der Waals surface area contributed by atoms with Gasteiger partial charge in [0.1, 0.15) is 0 Å². The van der Waals surface area contributed by atoms with E-state index in [0.29, 0.717) is 18.7 Å². The molecule has 4 rings (SSSR count). The van der Waals surface area contributed by atoms with Crippen molar-refractivity contribution < 1.29 is 18.0 Å². The molecule has 1 amide bonds. The van der Waals surface area contributed by atoms with Crippen LogP contribution in [-0.4, -0.2) is 17.4 Å². The Morgan fingerprint density at radius 2 is 1.53 bits per heavy atom. The Morgan fingerprint density at radius 1 is 0.844 bits per heavy atom. The van der Waals surface area contributed by atoms with Gasteiger partial charge in [0.25, 0.3) is 0 Å². The molecule has 0 N–H and O–H groups in total. The van der Waals surface area contributed by atoms with Gasteiger partial charge in [-0.25, -0.2) is 0 Å². The van der Waals surface area contributed by atoms with E-state index in [0.717, 1.165) is 34.2 Å². The molecule has 4 aromatic rings. The van der Waals surface area contributed by atoms with Crippen molar-refractivity contribution in [3.05, 3.63) is 108 Å². The van der Waals surface area contributed by atoms with Crippen LogP contribution in [0.4, 0.5) is 18.9 Å². The normalized spacial score (nSPS) is 11.5. The summed E-state index contributed by atoms with van der Waals surface area (Å²) in [5, 5.41) is 0.914. The van der Waals surface area contributed by atoms with Crippen LogP contribution in [0.15, 0.2) is 91.1 Å². The van der Waals surface area contributed by atoms with Crippen molar-refractivity contribution in [2.24, 2.45) is 0 Å². The quantitative estimate of drug-likeness (QED) is 0.369. The van der Waals surface area contributed by atoms with E-state index in [9.17, 15) is 18.0 Å². The van der Waals surface area contributed by atoms with Crippen molar-refractivity contribution in [3.63, 3.8) is 0 Å². The minimum absolute atomic E-state index is 0.0970. The fourth-order valence-corrected chi connectivity index (χ4v) is 3.57. The van der Waals surface area contributed by atoms with Crippen LogP contribution in [0.5, 0.6) is 0 Å². The molecular weight excluding hydrogens is 413 g/mol. The first-order chi connectivity index (χ1) is 15.4. The minimum Gasteiger partial charge on any atom is -0.310 e. The van der Waals surface area contributed by atoms with Crippen LogP contribution >= 0.6 is 0 Å². The van der Waals surface area contributed by atoms with E-state index in [1.54, 1.807) is 11.1 Å². The second-order valence-electron chi connectivity index (χ2n) is 7.54. The fourth-order valence-electron chi connectivity index (χ4n) is 3.57. The number of hydrogen-bond acceptors (Lipinski definition) is 2. The molecule has 0 bridgehead atoms. The first-order valence-electron chi connectivity index (χ1n) is 10.3. The van der Waals surface area contributed by atoms with Crippen molar-refractivity contribution in [3.8, 4) is 0 Å². The van der Waals surface area contributed by atoms with Crippen LogP contribution in [-0.2, 0) is 23.8 Å². The lowest BCUT2D eigenvalue weighted by molar-refractivity contribution is -0.137. The standard InChI is InChI=1S/C26H21F3N2O/c27-26(28,29)22-12-10-19(11-13-22)14-15-31(25(32)16-20-6-2-1-3-7-20)23-17-21-8-4-5-9-24(21)30-18-23/h1-13,17-18H,14-16H2. The molecule has 0 radical (unpaired) electrons. The topological polar surface area (TPSA) is 33.2 Å². The average molecular weight is 434 g/mol. The number of carbonyl (C=O) groups is 1. The van der Waals surface area contributed by atoms with Gasteiger partial charge in [0, 0.05) is 11.9 Å². The Bertz CT molecular complexity index is 1210. The molecule has 0 atom stereocenters. The summed E-state index contributed by atoms with van der Waals surface area (Å²) in [7, 11) is 0. The summed E-state index contributed by atoms with van der Waals surface area (Å²) >= 11 is 0. The lowest BCUT2D eigenvalue weighted by atomic mass is 10.1. The summed E-state index contributed by atoms with van der Waals surface area (Å²) in [5.41, 5.74) is 2.43. The molecule has 0 saturated heterocycles. The monoisotopic (exact) mass is 434 g/mol. The highest BCUT2D eigenvalue weighted by Gasteiger charge is 2.30. The highest BCUT2D eigenvalue weighted by molar-refractivity contribution is 5.96. The average Bonchev–Trinajstić information content (AvgIpc) is 2.79. The molecule has 0 spiro atoms. The van der Waals surface area contributed by atoms with Crippen molar-refractivity contribution in [1.29, 1.82) is 0 Å². The van der Waals surface area contributed by atoms with Crippen LogP contribution in [0.3, 0.4) is 0 Å². The summed E-state index contributed by atoms with van der Waals surface area (Å²) in [6.45, 7) is 0.330. The number of carbonyl (C=O) groups excluding carboxylic acids is 1. The molecule has 3 nitrogen and oxygen atoms in total. The second-order valence-corrected chi connectivity index (χ2v) is 7.54. The SMILES string of the molecule is O=C(Cc1ccccc1)N(CCc1ccc(C(F)(F)F)cc1)c1cnc2ccccc2c1. The fraction of sp³-hybridized carbons (Fsp3) is 0.154. The highest BCUT2D eigenvalue weighted by atomic mass is 19.4. The molecule has 32 heavy (non-hydrogen) atoms. The minimum atomic E-state index is -4.37. The molecular formula is C26H21F3N2O. The van der Waals surface area contributed by atoms with Gasteiger partial charge in [0.15, 0.2) is 0 Å². The number of amides is 1. The van der Waals surface area contributed by atoms with Crippen LogP contribution in [0.2, 0.25) is 0 Å². The van der Waals surface area contributed by atoms with Gasteiger partial charge >= 0.3 is 6.18 Å². The number of fused-ring (bicyclic) bond motifs is 1. The van der Waals surface area contributed by atoms with Gasteiger partial charge in [-0.05, 0) is 41.8 Å². The number of rotatable bonds is 6. The van der Waals surface area contributed by atoms with Gasteiger partial charge in [0.2, 0.25) is 5.91 Å². The zero-order valence-corrected chi connectivity index (χ0v) is 17.2. The summed E-state index contributed by atoms with van der Waals surface area (Å²) in [5.74, 6) is -0.0970. The van der Waals surface area contributed by atoms with Gasteiger partial charge in [0.05, 0.1) is 29.4 Å². The van der Waals surface area contributed by atoms with Gasteiger partial charge in [-0.3, -0.25) is 9.78 Å². The highest BCUT2D eigenvalue weighted by Crippen LogP contribution is 2.29. The largest absolute Gasteiger partial charge is 0.416 e. The third kappa shape index (κ3) is 5.14. The molecule has 0 aliphatic rings. The van der Waals surface area contributed by atoms with E-state index >= 15 is 0 Å². The second kappa shape index (κ2) is 9.22. The molecule has 0 unspecified atom stereocenters. The maximum Gasteiger partial charge on any atom is 0.416 e. The van der Waals surface area contributed by atoms with E-state index in [2.05, 4.69) is 4.98 Å². The van der Waals surface area contributed by atoms with E-state index in [1.165, 1.54) is 12.1 Å². The van der Waals surface area contributed by atoms with Gasteiger partial charge in [-0.2, -0.15) is 13.2 Å². The Kier molecular flexibility index (Phi) is 6.21. The van der Waals surface area contributed by atoms with Gasteiger partial charge in [-0.15, -0.1) is 0 Å². The number of aromatic nitrogens is 1. The smallest absolute Gasteiger partial charge is 0.310 e. The maximum absolute atomic E-state index is 13.2. The summed E-state index contributed by atoms with van der Waals surface area (Å²) in [6, 6.07) is 24.1. The maximum atomic E-state index is 13.2. The summed E-state index contributed by atoms with van der Waals surface area (Å²) in [6.07, 6.45) is -2.06.